The van der Waals surface area contributed by atoms with E-state index in [1.807, 2.05) is 0 Å². The van der Waals surface area contributed by atoms with Crippen molar-refractivity contribution in [1.29, 1.82) is 0 Å². The number of hydrogen-bond acceptors (Lipinski definition) is 7. The number of nitrogens with zero attached hydrogens (tertiary/aromatic N) is 4. The zero-order chi connectivity index (χ0) is 24.4. The fourth-order valence-corrected chi connectivity index (χ4v) is 4.94. The number of fused-ring (bicyclic) bond motifs is 1. The minimum absolute atomic E-state index is 0.0332. The Bertz CT molecular complexity index is 1120. The van der Waals surface area contributed by atoms with Crippen molar-refractivity contribution in [2.45, 2.75) is 32.6 Å². The van der Waals surface area contributed by atoms with Crippen molar-refractivity contribution in [3.8, 4) is 0 Å². The molecular formula is C23H30FN7O3. The summed E-state index contributed by atoms with van der Waals surface area (Å²) in [5, 5.41) is 1.02. The first-order chi connectivity index (χ1) is 16.3. The van der Waals surface area contributed by atoms with Gasteiger partial charge in [0, 0.05) is 50.7 Å². The fourth-order valence-electron chi connectivity index (χ4n) is 4.94. The van der Waals surface area contributed by atoms with Crippen molar-refractivity contribution in [1.82, 2.24) is 19.8 Å². The molecule has 2 aromatic rings. The van der Waals surface area contributed by atoms with Crippen molar-refractivity contribution in [3.05, 3.63) is 36.2 Å². The summed E-state index contributed by atoms with van der Waals surface area (Å²) in [6.45, 7) is 3.40. The maximum absolute atomic E-state index is 14.6. The number of halogens is 1. The highest BCUT2D eigenvalue weighted by Crippen LogP contribution is 2.32. The lowest BCUT2D eigenvalue weighted by molar-refractivity contribution is -0.142. The number of Topliss-reactive ketones (excluding diaryl/α,β-unsaturated/α-hetero) is 1. The number of nitrogens with two attached hydrogens (primary N) is 2. The van der Waals surface area contributed by atoms with E-state index in [0.717, 1.165) is 36.9 Å². The first-order valence-corrected chi connectivity index (χ1v) is 11.5. The van der Waals surface area contributed by atoms with Crippen molar-refractivity contribution < 1.29 is 18.8 Å². The molecule has 1 saturated heterocycles. The number of H-pyrrole nitrogens is 1. The molecule has 2 fully saturated rings. The van der Waals surface area contributed by atoms with Crippen LogP contribution < -0.4 is 16.6 Å². The molecule has 10 nitrogen and oxygen atoms in total. The van der Waals surface area contributed by atoms with Crippen LogP contribution in [-0.4, -0.2) is 63.5 Å². The number of ketones is 1. The third-order valence-corrected chi connectivity index (χ3v) is 6.88. The van der Waals surface area contributed by atoms with Gasteiger partial charge in [0.25, 0.3) is 11.7 Å². The Morgan fingerprint density at radius 3 is 2.53 bits per heavy atom. The monoisotopic (exact) mass is 471 g/mol. The van der Waals surface area contributed by atoms with Gasteiger partial charge in [0.05, 0.1) is 22.7 Å². The normalized spacial score (nSPS) is 21.3. The number of hydrogen-bond donors (Lipinski definition) is 3. The number of hydrazine groups is 1. The van der Waals surface area contributed by atoms with E-state index < -0.39 is 17.5 Å². The molecule has 2 aromatic heterocycles. The van der Waals surface area contributed by atoms with E-state index in [0.29, 0.717) is 19.0 Å². The molecule has 2 amide bonds. The summed E-state index contributed by atoms with van der Waals surface area (Å²) in [5.74, 6) is 4.22. The molecule has 2 unspecified atom stereocenters. The van der Waals surface area contributed by atoms with Crippen LogP contribution in [0.25, 0.3) is 10.9 Å². The average Bonchev–Trinajstić information content (AvgIpc) is 3.29. The summed E-state index contributed by atoms with van der Waals surface area (Å²) in [7, 11) is 0. The van der Waals surface area contributed by atoms with Gasteiger partial charge in [0.15, 0.2) is 11.6 Å². The maximum atomic E-state index is 14.6. The van der Waals surface area contributed by atoms with Gasteiger partial charge >= 0.3 is 0 Å². The van der Waals surface area contributed by atoms with Gasteiger partial charge in [-0.3, -0.25) is 19.4 Å². The first-order valence-electron chi connectivity index (χ1n) is 11.5. The Hall–Kier alpha value is -3.47. The van der Waals surface area contributed by atoms with Gasteiger partial charge in [0.2, 0.25) is 5.91 Å². The lowest BCUT2D eigenvalue weighted by Gasteiger charge is -2.38. The lowest BCUT2D eigenvalue weighted by atomic mass is 9.79. The van der Waals surface area contributed by atoms with Crippen molar-refractivity contribution in [2.75, 3.05) is 31.2 Å². The number of aromatic nitrogens is 2. The Kier molecular flexibility index (Phi) is 6.82. The molecule has 0 spiro atoms. The predicted octanol–water partition coefficient (Wildman–Crippen LogP) is 1.49. The Morgan fingerprint density at radius 2 is 1.85 bits per heavy atom. The molecular weight excluding hydrogens is 441 g/mol. The number of anilines is 1. The number of carbonyl (C=O) groups is 3. The highest BCUT2D eigenvalue weighted by molar-refractivity contribution is 6.45. The summed E-state index contributed by atoms with van der Waals surface area (Å²) in [5.41, 5.74) is 5.43. The number of nitrogens with one attached hydrogen (secondary N) is 1. The van der Waals surface area contributed by atoms with Crippen molar-refractivity contribution in [3.63, 3.8) is 0 Å². The standard InChI is InChI=1S/C23H30FN7O3/c1-14-4-2-3-5-15(14)22(33)29-8-10-30(11-9-29)23(34)20(32)16-12-27-19-18(16)17(24)13-28-21(19)31(26)7-6-25/h6-7,12-15,27H,2-5,8-11,25-26H2,1H3/b7-6-. The van der Waals surface area contributed by atoms with Gasteiger partial charge in [-0.15, -0.1) is 0 Å². The molecule has 34 heavy (non-hydrogen) atoms. The van der Waals surface area contributed by atoms with E-state index in [2.05, 4.69) is 16.9 Å². The Balaban J connectivity index is 1.47. The van der Waals surface area contributed by atoms with Crippen LogP contribution in [0, 0.1) is 17.7 Å². The molecule has 1 aliphatic heterocycles. The van der Waals surface area contributed by atoms with E-state index in [9.17, 15) is 18.8 Å². The molecule has 4 rings (SSSR count). The van der Waals surface area contributed by atoms with Crippen LogP contribution in [0.2, 0.25) is 0 Å². The van der Waals surface area contributed by atoms with Gasteiger partial charge in [0.1, 0.15) is 0 Å². The second-order valence-electron chi connectivity index (χ2n) is 8.95. The van der Waals surface area contributed by atoms with Gasteiger partial charge < -0.3 is 20.5 Å². The fraction of sp³-hybridized carbons (Fsp3) is 0.478. The number of rotatable bonds is 5. The van der Waals surface area contributed by atoms with E-state index in [1.165, 1.54) is 23.5 Å². The molecule has 0 radical (unpaired) electrons. The van der Waals surface area contributed by atoms with Gasteiger partial charge in [-0.25, -0.2) is 15.2 Å². The quantitative estimate of drug-likeness (QED) is 0.260. The number of amides is 2. The summed E-state index contributed by atoms with van der Waals surface area (Å²) in [6.07, 6.45) is 8.92. The van der Waals surface area contributed by atoms with Crippen LogP contribution >= 0.6 is 0 Å². The van der Waals surface area contributed by atoms with E-state index in [1.54, 1.807) is 4.90 Å². The minimum atomic E-state index is -0.832. The zero-order valence-electron chi connectivity index (χ0n) is 19.2. The third-order valence-electron chi connectivity index (χ3n) is 6.88. The van der Waals surface area contributed by atoms with Gasteiger partial charge in [-0.1, -0.05) is 19.8 Å². The summed E-state index contributed by atoms with van der Waals surface area (Å²) >= 11 is 0. The summed E-state index contributed by atoms with van der Waals surface area (Å²) < 4.78 is 14.6. The molecule has 182 valence electrons. The first kappa shape index (κ1) is 23.7. The van der Waals surface area contributed by atoms with Crippen LogP contribution in [0.15, 0.2) is 24.8 Å². The van der Waals surface area contributed by atoms with E-state index in [4.69, 9.17) is 11.6 Å². The second-order valence-corrected chi connectivity index (χ2v) is 8.95. The summed E-state index contributed by atoms with van der Waals surface area (Å²) in [6, 6.07) is 0. The lowest BCUT2D eigenvalue weighted by Crippen LogP contribution is -2.54. The van der Waals surface area contributed by atoms with Gasteiger partial charge in [-0.2, -0.15) is 0 Å². The largest absolute Gasteiger partial charge is 0.403 e. The van der Waals surface area contributed by atoms with E-state index >= 15 is 0 Å². The van der Waals surface area contributed by atoms with Crippen LogP contribution in [0.1, 0.15) is 43.0 Å². The van der Waals surface area contributed by atoms with Crippen LogP contribution in [0.3, 0.4) is 0 Å². The van der Waals surface area contributed by atoms with Gasteiger partial charge in [-0.05, 0) is 18.8 Å². The maximum Gasteiger partial charge on any atom is 0.295 e. The van der Waals surface area contributed by atoms with E-state index in [-0.39, 0.29) is 47.2 Å². The average molecular weight is 472 g/mol. The predicted molar refractivity (Wildman–Crippen MR) is 125 cm³/mol. The van der Waals surface area contributed by atoms with Crippen LogP contribution in [-0.2, 0) is 9.59 Å². The minimum Gasteiger partial charge on any atom is -0.403 e. The SMILES string of the molecule is CC1CCCCC1C(=O)N1CCN(C(=O)C(=O)c2c[nH]c3c(N(N)/C=C\N)ncc(F)c23)CC1. The Labute approximate surface area is 196 Å². The Morgan fingerprint density at radius 1 is 1.18 bits per heavy atom. The third kappa shape index (κ3) is 4.35. The number of carbonyl (C=O) groups excluding carboxylic acids is 3. The highest BCUT2D eigenvalue weighted by atomic mass is 19.1. The molecule has 0 bridgehead atoms. The molecule has 2 aliphatic rings. The molecule has 0 aromatic carbocycles. The topological polar surface area (TPSA) is 142 Å². The number of pyridine rings is 1. The molecule has 11 heteroatoms. The molecule has 1 aliphatic carbocycles. The van der Waals surface area contributed by atoms with Crippen molar-refractivity contribution in [2.24, 2.45) is 23.4 Å². The number of piperazine rings is 1. The molecule has 5 N–H and O–H groups in total. The molecule has 1 saturated carbocycles. The second kappa shape index (κ2) is 9.80. The smallest absolute Gasteiger partial charge is 0.295 e. The number of aromatic amines is 1. The highest BCUT2D eigenvalue weighted by Gasteiger charge is 2.35. The molecule has 3 heterocycles. The van der Waals surface area contributed by atoms with Crippen LogP contribution in [0.5, 0.6) is 0 Å². The van der Waals surface area contributed by atoms with Crippen LogP contribution in [0.4, 0.5) is 10.2 Å². The zero-order valence-corrected chi connectivity index (χ0v) is 19.2. The van der Waals surface area contributed by atoms with Crippen molar-refractivity contribution >= 4 is 34.3 Å². The molecule has 2 atom stereocenters. The summed E-state index contributed by atoms with van der Waals surface area (Å²) in [4.78, 5) is 48.9.